The molecule has 0 bridgehead atoms. The second kappa shape index (κ2) is 5.12. The summed E-state index contributed by atoms with van der Waals surface area (Å²) in [5.41, 5.74) is -1.24. The average molecular weight is 238 g/mol. The Morgan fingerprint density at radius 3 is 1.80 bits per heavy atom. The van der Waals surface area contributed by atoms with Gasteiger partial charge in [0.1, 0.15) is 0 Å². The van der Waals surface area contributed by atoms with Crippen LogP contribution in [0.15, 0.2) is 0 Å². The van der Waals surface area contributed by atoms with Crippen LogP contribution in [-0.4, -0.2) is 22.1 Å². The monoisotopic (exact) mass is 238 g/mol. The molecule has 1 radical (unpaired) electrons. The molecular formula is C10H17KNO3. The summed E-state index contributed by atoms with van der Waals surface area (Å²) in [6, 6.07) is 0. The molecule has 0 amide bonds. The third kappa shape index (κ3) is 3.49. The zero-order valence-electron chi connectivity index (χ0n) is 10.2. The van der Waals surface area contributed by atoms with Crippen LogP contribution in [0.4, 0.5) is 0 Å². The summed E-state index contributed by atoms with van der Waals surface area (Å²) < 4.78 is 0. The van der Waals surface area contributed by atoms with Crippen molar-refractivity contribution in [2.45, 2.75) is 51.6 Å². The SMILES string of the molecule is CC1(C)CC(C(=O)[O-])CC(C)(C)N1[O].[K+]. The van der Waals surface area contributed by atoms with Crippen LogP contribution in [0.1, 0.15) is 40.5 Å². The molecule has 0 aromatic rings. The van der Waals surface area contributed by atoms with Crippen LogP contribution in [0, 0.1) is 5.92 Å². The molecule has 5 heteroatoms. The number of hydrogen-bond donors (Lipinski definition) is 0. The van der Waals surface area contributed by atoms with E-state index in [0.717, 1.165) is 5.06 Å². The van der Waals surface area contributed by atoms with Crippen molar-refractivity contribution in [3.63, 3.8) is 0 Å². The Hall–Kier alpha value is 1.03. The van der Waals surface area contributed by atoms with Crippen LogP contribution in [0.25, 0.3) is 0 Å². The minimum atomic E-state index is -1.04. The maximum Gasteiger partial charge on any atom is 1.00 e. The van der Waals surface area contributed by atoms with Crippen molar-refractivity contribution in [1.82, 2.24) is 5.06 Å². The zero-order chi connectivity index (χ0) is 11.1. The molecule has 0 aromatic carbocycles. The molecule has 1 heterocycles. The van der Waals surface area contributed by atoms with E-state index in [9.17, 15) is 15.1 Å². The number of carbonyl (C=O) groups excluding carboxylic acids is 1. The van der Waals surface area contributed by atoms with Crippen molar-refractivity contribution in [2.24, 2.45) is 5.92 Å². The fourth-order valence-corrected chi connectivity index (χ4v) is 2.43. The van der Waals surface area contributed by atoms with Gasteiger partial charge in [0, 0.05) is 23.0 Å². The molecule has 1 rings (SSSR count). The van der Waals surface area contributed by atoms with Gasteiger partial charge in [-0.1, -0.05) is 0 Å². The number of rotatable bonds is 1. The topological polar surface area (TPSA) is 63.3 Å². The van der Waals surface area contributed by atoms with E-state index in [1.165, 1.54) is 0 Å². The number of piperidine rings is 1. The number of aliphatic carboxylic acids is 1. The summed E-state index contributed by atoms with van der Waals surface area (Å²) in [6.07, 6.45) is 0.727. The summed E-state index contributed by atoms with van der Waals surface area (Å²) in [5, 5.41) is 23.7. The third-order valence-electron chi connectivity index (χ3n) is 2.92. The number of hydrogen-bond acceptors (Lipinski definition) is 3. The molecule has 0 unspecified atom stereocenters. The second-order valence-corrected chi connectivity index (χ2v) is 5.34. The molecule has 0 spiro atoms. The molecule has 0 aliphatic carbocycles. The fourth-order valence-electron chi connectivity index (χ4n) is 2.43. The normalized spacial score (nSPS) is 25.7. The van der Waals surface area contributed by atoms with E-state index < -0.39 is 23.0 Å². The molecule has 0 atom stereocenters. The number of carboxylic acid groups (broad SMARTS) is 1. The Morgan fingerprint density at radius 1 is 1.20 bits per heavy atom. The molecule has 1 aliphatic heterocycles. The molecule has 15 heavy (non-hydrogen) atoms. The van der Waals surface area contributed by atoms with Gasteiger partial charge < -0.3 is 9.90 Å². The van der Waals surface area contributed by atoms with Gasteiger partial charge in [-0.3, -0.25) is 0 Å². The standard InChI is InChI=1S/C10H18NO3.K/c1-9(2)5-7(8(12)13)6-10(3,4)11(9)14;/h7H,5-6H2,1-4H3,(H,12,13);/q;+1/p-1. The second-order valence-electron chi connectivity index (χ2n) is 5.34. The van der Waals surface area contributed by atoms with Crippen molar-refractivity contribution < 1.29 is 66.5 Å². The Bertz CT molecular complexity index is 235. The van der Waals surface area contributed by atoms with E-state index in [1.54, 1.807) is 27.7 Å². The number of carbonyl (C=O) groups is 1. The minimum absolute atomic E-state index is 0. The molecule has 1 saturated heterocycles. The van der Waals surface area contributed by atoms with Crippen molar-refractivity contribution >= 4 is 5.97 Å². The quantitative estimate of drug-likeness (QED) is 0.469. The van der Waals surface area contributed by atoms with Gasteiger partial charge in [0.05, 0.1) is 0 Å². The van der Waals surface area contributed by atoms with Gasteiger partial charge in [0.2, 0.25) is 0 Å². The Morgan fingerprint density at radius 2 is 1.53 bits per heavy atom. The average Bonchev–Trinajstić information content (AvgIpc) is 1.98. The van der Waals surface area contributed by atoms with Gasteiger partial charge in [-0.25, -0.2) is 0 Å². The van der Waals surface area contributed by atoms with E-state index in [4.69, 9.17) is 0 Å². The zero-order valence-corrected chi connectivity index (χ0v) is 13.3. The minimum Gasteiger partial charge on any atom is -0.550 e. The van der Waals surface area contributed by atoms with Gasteiger partial charge in [-0.05, 0) is 40.5 Å². The first kappa shape index (κ1) is 16.0. The maximum absolute atomic E-state index is 11.8. The third-order valence-corrected chi connectivity index (χ3v) is 2.92. The molecule has 0 saturated carbocycles. The van der Waals surface area contributed by atoms with Gasteiger partial charge in [-0.15, -0.1) is 10.3 Å². The van der Waals surface area contributed by atoms with Crippen molar-refractivity contribution in [3.8, 4) is 0 Å². The van der Waals surface area contributed by atoms with Gasteiger partial charge >= 0.3 is 51.4 Å². The number of hydroxylamine groups is 2. The smallest absolute Gasteiger partial charge is 0.550 e. The van der Waals surface area contributed by atoms with Gasteiger partial charge in [0.15, 0.2) is 0 Å². The van der Waals surface area contributed by atoms with E-state index in [-0.39, 0.29) is 51.4 Å². The summed E-state index contributed by atoms with van der Waals surface area (Å²) >= 11 is 0. The van der Waals surface area contributed by atoms with Crippen molar-refractivity contribution in [1.29, 1.82) is 0 Å². The van der Waals surface area contributed by atoms with Crippen LogP contribution in [0.3, 0.4) is 0 Å². The van der Waals surface area contributed by atoms with E-state index in [0.29, 0.717) is 12.8 Å². The summed E-state index contributed by atoms with van der Waals surface area (Å²) in [7, 11) is 0. The van der Waals surface area contributed by atoms with E-state index in [2.05, 4.69) is 0 Å². The van der Waals surface area contributed by atoms with E-state index >= 15 is 0 Å². The maximum atomic E-state index is 11.8. The molecule has 1 aliphatic rings. The van der Waals surface area contributed by atoms with Gasteiger partial charge in [-0.2, -0.15) is 0 Å². The first-order valence-electron chi connectivity index (χ1n) is 4.85. The number of nitrogens with zero attached hydrogens (tertiary/aromatic N) is 1. The first-order chi connectivity index (χ1) is 6.17. The van der Waals surface area contributed by atoms with Crippen LogP contribution < -0.4 is 56.5 Å². The number of carboxylic acids is 1. The van der Waals surface area contributed by atoms with Crippen LogP contribution in [-0.2, 0) is 10.0 Å². The van der Waals surface area contributed by atoms with E-state index in [1.807, 2.05) is 0 Å². The van der Waals surface area contributed by atoms with Gasteiger partial charge in [0.25, 0.3) is 0 Å². The first-order valence-corrected chi connectivity index (χ1v) is 4.85. The molecule has 81 valence electrons. The van der Waals surface area contributed by atoms with Crippen molar-refractivity contribution in [2.75, 3.05) is 0 Å². The molecular weight excluding hydrogens is 221 g/mol. The van der Waals surface area contributed by atoms with Crippen LogP contribution in [0.2, 0.25) is 0 Å². The summed E-state index contributed by atoms with van der Waals surface area (Å²) in [4.78, 5) is 10.8. The Labute approximate surface area is 133 Å². The molecule has 0 aromatic heterocycles. The molecule has 4 nitrogen and oxygen atoms in total. The van der Waals surface area contributed by atoms with Crippen LogP contribution >= 0.6 is 0 Å². The summed E-state index contributed by atoms with van der Waals surface area (Å²) in [5.74, 6) is -1.55. The fraction of sp³-hybridized carbons (Fsp3) is 0.900. The largest absolute Gasteiger partial charge is 1.00 e. The predicted molar refractivity (Wildman–Crippen MR) is 48.4 cm³/mol. The Balaban J connectivity index is 0.00000196. The Kier molecular flexibility index (Phi) is 5.47. The van der Waals surface area contributed by atoms with Crippen molar-refractivity contribution in [3.05, 3.63) is 0 Å². The summed E-state index contributed by atoms with van der Waals surface area (Å²) in [6.45, 7) is 7.10. The molecule has 0 N–H and O–H groups in total. The predicted octanol–water partition coefficient (Wildman–Crippen LogP) is -2.64. The van der Waals surface area contributed by atoms with Crippen LogP contribution in [0.5, 0.6) is 0 Å². The molecule has 1 fully saturated rings.